The maximum atomic E-state index is 14.0. The van der Waals surface area contributed by atoms with Gasteiger partial charge in [-0.25, -0.2) is 13.8 Å². The number of para-hydroxylation sites is 1. The lowest BCUT2D eigenvalue weighted by Crippen LogP contribution is -2.30. The maximum absolute atomic E-state index is 14.0. The molecule has 0 spiro atoms. The molecule has 1 aliphatic rings. The van der Waals surface area contributed by atoms with Crippen LogP contribution in [-0.2, 0) is 0 Å². The number of pyridine rings is 1. The molecule has 1 N–H and O–H groups in total. The largest absolute Gasteiger partial charge is 0.356 e. The van der Waals surface area contributed by atoms with E-state index in [0.717, 1.165) is 16.7 Å². The number of alkyl halides is 2. The summed E-state index contributed by atoms with van der Waals surface area (Å²) in [4.78, 5) is 19.9. The second-order valence-corrected chi connectivity index (χ2v) is 8.81. The summed E-state index contributed by atoms with van der Waals surface area (Å²) in [5.74, 6) is -2.56. The third-order valence-corrected chi connectivity index (χ3v) is 6.04. The number of carbonyl (C=O) groups excluding carboxylic acids is 1. The summed E-state index contributed by atoms with van der Waals surface area (Å²) in [6.07, 6.45) is 7.04. The lowest BCUT2D eigenvalue weighted by Gasteiger charge is -2.25. The lowest BCUT2D eigenvalue weighted by molar-refractivity contribution is -0.0102. The molecule has 0 saturated carbocycles. The van der Waals surface area contributed by atoms with Crippen molar-refractivity contribution in [3.05, 3.63) is 60.0 Å². The number of nitrogens with zero attached hydrogens (tertiary/aromatic N) is 4. The van der Waals surface area contributed by atoms with E-state index >= 15 is 0 Å². The van der Waals surface area contributed by atoms with E-state index in [1.165, 1.54) is 0 Å². The quantitative estimate of drug-likeness (QED) is 0.405. The zero-order valence-electron chi connectivity index (χ0n) is 20.6. The van der Waals surface area contributed by atoms with Crippen molar-refractivity contribution < 1.29 is 13.6 Å². The Labute approximate surface area is 211 Å². The molecule has 6 nitrogen and oxygen atoms in total. The van der Waals surface area contributed by atoms with Crippen LogP contribution in [0, 0.1) is 6.92 Å². The maximum Gasteiger partial charge on any atom is 0.259 e. The van der Waals surface area contributed by atoms with E-state index in [9.17, 15) is 13.6 Å². The van der Waals surface area contributed by atoms with Gasteiger partial charge in [-0.1, -0.05) is 18.2 Å². The van der Waals surface area contributed by atoms with Crippen LogP contribution in [-0.4, -0.2) is 45.9 Å². The van der Waals surface area contributed by atoms with Crippen molar-refractivity contribution in [1.29, 1.82) is 0 Å². The van der Waals surface area contributed by atoms with Crippen LogP contribution in [0.2, 0.25) is 0 Å². The molecule has 1 amide bonds. The van der Waals surface area contributed by atoms with Crippen molar-refractivity contribution in [2.45, 2.75) is 52.0 Å². The summed E-state index contributed by atoms with van der Waals surface area (Å²) >= 11 is 3.53. The van der Waals surface area contributed by atoms with E-state index in [4.69, 9.17) is 0 Å². The number of benzene rings is 1. The van der Waals surface area contributed by atoms with Crippen LogP contribution in [0.25, 0.3) is 11.1 Å². The molecule has 4 rings (SSSR count). The Morgan fingerprint density at radius 1 is 1.11 bits per heavy atom. The summed E-state index contributed by atoms with van der Waals surface area (Å²) in [5.41, 5.74) is 3.46. The van der Waals surface area contributed by atoms with E-state index in [-0.39, 0.29) is 31.3 Å². The SMILES string of the molecule is CS.Cc1c(-c2cnn(C(C)C)c2)cnc(N2CCCC(F)(F)CC2)c1C(=O)Nc1ccccc1. The van der Waals surface area contributed by atoms with Crippen LogP contribution in [0.3, 0.4) is 0 Å². The molecule has 0 unspecified atom stereocenters. The molecular weight excluding hydrogens is 468 g/mol. The molecule has 2 aromatic heterocycles. The number of hydrogen-bond acceptors (Lipinski definition) is 5. The van der Waals surface area contributed by atoms with Crippen LogP contribution in [0.5, 0.6) is 0 Å². The van der Waals surface area contributed by atoms with E-state index in [0.29, 0.717) is 30.0 Å². The number of aromatic nitrogens is 3. The van der Waals surface area contributed by atoms with Gasteiger partial charge in [-0.3, -0.25) is 9.48 Å². The topological polar surface area (TPSA) is 63.1 Å². The molecule has 0 atom stereocenters. The minimum atomic E-state index is -2.69. The Bertz CT molecular complexity index is 1130. The fourth-order valence-corrected chi connectivity index (χ4v) is 4.14. The molecule has 0 aliphatic carbocycles. The highest BCUT2D eigenvalue weighted by molar-refractivity contribution is 7.79. The Hall–Kier alpha value is -2.94. The lowest BCUT2D eigenvalue weighted by atomic mass is 9.99. The number of halogens is 2. The molecule has 0 bridgehead atoms. The summed E-state index contributed by atoms with van der Waals surface area (Å²) in [6.45, 7) is 6.53. The molecule has 35 heavy (non-hydrogen) atoms. The summed E-state index contributed by atoms with van der Waals surface area (Å²) in [7, 11) is 0. The number of nitrogens with one attached hydrogen (secondary N) is 1. The molecular formula is C26H33F2N5OS. The van der Waals surface area contributed by atoms with Gasteiger partial charge in [0.05, 0.1) is 11.8 Å². The molecule has 1 fully saturated rings. The minimum Gasteiger partial charge on any atom is -0.356 e. The number of rotatable bonds is 5. The Morgan fingerprint density at radius 3 is 2.49 bits per heavy atom. The van der Waals surface area contributed by atoms with Crippen LogP contribution in [0.1, 0.15) is 55.1 Å². The Balaban J connectivity index is 0.00000167. The van der Waals surface area contributed by atoms with E-state index in [1.807, 2.05) is 66.9 Å². The second kappa shape index (κ2) is 11.7. The smallest absolute Gasteiger partial charge is 0.259 e. The van der Waals surface area contributed by atoms with Gasteiger partial charge < -0.3 is 10.2 Å². The predicted molar refractivity (Wildman–Crippen MR) is 141 cm³/mol. The van der Waals surface area contributed by atoms with Gasteiger partial charge in [0.1, 0.15) is 5.82 Å². The summed E-state index contributed by atoms with van der Waals surface area (Å²) in [5, 5.41) is 7.35. The zero-order chi connectivity index (χ0) is 25.6. The first-order valence-corrected chi connectivity index (χ1v) is 12.6. The van der Waals surface area contributed by atoms with Gasteiger partial charge in [-0.05, 0) is 51.1 Å². The monoisotopic (exact) mass is 501 g/mol. The van der Waals surface area contributed by atoms with Crippen molar-refractivity contribution in [2.75, 3.05) is 29.6 Å². The highest BCUT2D eigenvalue weighted by Crippen LogP contribution is 2.34. The van der Waals surface area contributed by atoms with Crippen molar-refractivity contribution in [3.63, 3.8) is 0 Å². The zero-order valence-corrected chi connectivity index (χ0v) is 21.5. The normalized spacial score (nSPS) is 15.3. The highest BCUT2D eigenvalue weighted by Gasteiger charge is 2.33. The molecule has 3 heterocycles. The third-order valence-electron chi connectivity index (χ3n) is 6.04. The van der Waals surface area contributed by atoms with E-state index < -0.39 is 5.92 Å². The van der Waals surface area contributed by atoms with Crippen molar-refractivity contribution in [3.8, 4) is 11.1 Å². The Kier molecular flexibility index (Phi) is 8.88. The van der Waals surface area contributed by atoms with Crippen LogP contribution < -0.4 is 10.2 Å². The molecule has 188 valence electrons. The van der Waals surface area contributed by atoms with E-state index in [2.05, 4.69) is 28.0 Å². The van der Waals surface area contributed by atoms with Crippen LogP contribution in [0.4, 0.5) is 20.3 Å². The van der Waals surface area contributed by atoms with Crippen LogP contribution in [0.15, 0.2) is 48.9 Å². The van der Waals surface area contributed by atoms with Crippen molar-refractivity contribution >= 4 is 30.0 Å². The standard InChI is InChI=1S/C25H29F2N5O.CH4S/c1-17(2)32-16-19(14-29-32)21-15-28-23(31-12-7-10-25(26,27)11-13-31)22(18(21)3)24(33)30-20-8-5-4-6-9-20;1-2/h4-6,8-9,14-17H,7,10-13H2,1-3H3,(H,30,33);2H,1H3. The molecule has 1 saturated heterocycles. The number of amides is 1. The minimum absolute atomic E-state index is 0.148. The number of hydrogen-bond donors (Lipinski definition) is 2. The first-order valence-electron chi connectivity index (χ1n) is 11.7. The molecule has 9 heteroatoms. The van der Waals surface area contributed by atoms with Crippen molar-refractivity contribution in [2.24, 2.45) is 0 Å². The second-order valence-electron chi connectivity index (χ2n) is 8.81. The number of anilines is 2. The van der Waals surface area contributed by atoms with Gasteiger partial charge in [0, 0.05) is 61.2 Å². The third kappa shape index (κ3) is 6.39. The van der Waals surface area contributed by atoms with Gasteiger partial charge in [0.15, 0.2) is 0 Å². The summed E-state index contributed by atoms with van der Waals surface area (Å²) < 4.78 is 29.8. The predicted octanol–water partition coefficient (Wildman–Crippen LogP) is 6.26. The fourth-order valence-electron chi connectivity index (χ4n) is 4.14. The number of carbonyl (C=O) groups is 1. The average molecular weight is 502 g/mol. The van der Waals surface area contributed by atoms with Gasteiger partial charge >= 0.3 is 0 Å². The molecule has 0 radical (unpaired) electrons. The number of thiol groups is 1. The fraction of sp³-hybridized carbons (Fsp3) is 0.423. The molecule has 3 aromatic rings. The molecule has 1 aromatic carbocycles. The average Bonchev–Trinajstić information content (AvgIpc) is 3.26. The molecule has 1 aliphatic heterocycles. The van der Waals surface area contributed by atoms with Crippen LogP contribution >= 0.6 is 12.6 Å². The highest BCUT2D eigenvalue weighted by atomic mass is 32.1. The first kappa shape index (κ1) is 26.7. The van der Waals surface area contributed by atoms with Gasteiger partial charge in [-0.15, -0.1) is 0 Å². The van der Waals surface area contributed by atoms with Gasteiger partial charge in [0.2, 0.25) is 5.92 Å². The van der Waals surface area contributed by atoms with Gasteiger partial charge in [-0.2, -0.15) is 17.7 Å². The summed E-state index contributed by atoms with van der Waals surface area (Å²) in [6, 6.07) is 9.38. The first-order chi connectivity index (χ1) is 16.7. The van der Waals surface area contributed by atoms with Crippen molar-refractivity contribution in [1.82, 2.24) is 14.8 Å². The van der Waals surface area contributed by atoms with Gasteiger partial charge in [0.25, 0.3) is 5.91 Å². The van der Waals surface area contributed by atoms with E-state index in [1.54, 1.807) is 18.6 Å². The Morgan fingerprint density at radius 2 is 1.83 bits per heavy atom.